The Morgan fingerprint density at radius 3 is 2.62 bits per heavy atom. The van der Waals surface area contributed by atoms with E-state index in [1.165, 1.54) is 5.56 Å². The lowest BCUT2D eigenvalue weighted by Gasteiger charge is -2.01. The molecule has 0 saturated carbocycles. The number of hydrogen-bond acceptors (Lipinski definition) is 2. The Morgan fingerprint density at radius 1 is 1.23 bits per heavy atom. The van der Waals surface area contributed by atoms with Crippen LogP contribution in [0.5, 0.6) is 0 Å². The van der Waals surface area contributed by atoms with Gasteiger partial charge in [-0.25, -0.2) is 9.67 Å². The predicted octanol–water partition coefficient (Wildman–Crippen LogP) is 1.88. The summed E-state index contributed by atoms with van der Waals surface area (Å²) in [6.45, 7) is 4.08. The van der Waals surface area contributed by atoms with E-state index in [2.05, 4.69) is 10.1 Å². The largest absolute Gasteiger partial charge is 0.237 e. The zero-order valence-electron chi connectivity index (χ0n) is 7.73. The molecule has 3 nitrogen and oxygen atoms in total. The first-order chi connectivity index (χ1) is 6.29. The maximum absolute atomic E-state index is 4.24. The van der Waals surface area contributed by atoms with Gasteiger partial charge < -0.3 is 0 Å². The molecule has 0 aromatic carbocycles. The van der Waals surface area contributed by atoms with Crippen LogP contribution >= 0.6 is 0 Å². The summed E-state index contributed by atoms with van der Waals surface area (Å²) in [4.78, 5) is 4.22. The summed E-state index contributed by atoms with van der Waals surface area (Å²) in [5, 5.41) is 4.24. The molecule has 3 heteroatoms. The summed E-state index contributed by atoms with van der Waals surface area (Å²) in [5.74, 6) is 0.869. The molecule has 2 aromatic rings. The zero-order chi connectivity index (χ0) is 9.26. The molecule has 0 amide bonds. The lowest BCUT2D eigenvalue weighted by atomic mass is 10.3. The summed E-state index contributed by atoms with van der Waals surface area (Å²) in [6.07, 6.45) is 3.62. The first kappa shape index (κ1) is 7.98. The van der Waals surface area contributed by atoms with Gasteiger partial charge in [0.1, 0.15) is 0 Å². The molecule has 0 N–H and O–H groups in total. The van der Waals surface area contributed by atoms with Crippen LogP contribution in [0.4, 0.5) is 0 Å². The van der Waals surface area contributed by atoms with Gasteiger partial charge in [-0.05, 0) is 31.5 Å². The molecule has 2 rings (SSSR count). The van der Waals surface area contributed by atoms with E-state index >= 15 is 0 Å². The van der Waals surface area contributed by atoms with Gasteiger partial charge in [0.05, 0.1) is 6.20 Å². The SMILES string of the molecule is Cc1cnn(-c2ccccn2)c1C. The van der Waals surface area contributed by atoms with Gasteiger partial charge in [-0.2, -0.15) is 5.10 Å². The molecular weight excluding hydrogens is 162 g/mol. The molecule has 2 heterocycles. The van der Waals surface area contributed by atoms with Crippen LogP contribution < -0.4 is 0 Å². The summed E-state index contributed by atoms with van der Waals surface area (Å²) < 4.78 is 1.84. The standard InChI is InChI=1S/C10H11N3/c1-8-7-12-13(9(8)2)10-5-3-4-6-11-10/h3-7H,1-2H3. The number of pyridine rings is 1. The van der Waals surface area contributed by atoms with E-state index in [0.717, 1.165) is 11.5 Å². The minimum absolute atomic E-state index is 0.869. The molecule has 0 aliphatic rings. The maximum atomic E-state index is 4.24. The van der Waals surface area contributed by atoms with Gasteiger partial charge >= 0.3 is 0 Å². The van der Waals surface area contributed by atoms with Crippen molar-refractivity contribution < 1.29 is 0 Å². The van der Waals surface area contributed by atoms with Gasteiger partial charge in [-0.1, -0.05) is 6.07 Å². The van der Waals surface area contributed by atoms with Gasteiger partial charge in [0.25, 0.3) is 0 Å². The summed E-state index contributed by atoms with van der Waals surface area (Å²) in [5.41, 5.74) is 2.32. The third-order valence-corrected chi connectivity index (χ3v) is 2.12. The topological polar surface area (TPSA) is 30.7 Å². The molecule has 66 valence electrons. The van der Waals surface area contributed by atoms with Crippen LogP contribution in [0.25, 0.3) is 5.82 Å². The third kappa shape index (κ3) is 1.33. The molecule has 0 radical (unpaired) electrons. The number of hydrogen-bond donors (Lipinski definition) is 0. The Hall–Kier alpha value is -1.64. The van der Waals surface area contributed by atoms with E-state index in [0.29, 0.717) is 0 Å². The van der Waals surface area contributed by atoms with E-state index in [1.54, 1.807) is 6.20 Å². The number of nitrogens with zero attached hydrogens (tertiary/aromatic N) is 3. The van der Waals surface area contributed by atoms with Crippen LogP contribution in [0, 0.1) is 13.8 Å². The minimum atomic E-state index is 0.869. The molecule has 0 saturated heterocycles. The van der Waals surface area contributed by atoms with Crippen LogP contribution in [0.2, 0.25) is 0 Å². The van der Waals surface area contributed by atoms with Crippen molar-refractivity contribution in [3.63, 3.8) is 0 Å². The highest BCUT2D eigenvalue weighted by Gasteiger charge is 2.03. The van der Waals surface area contributed by atoms with E-state index in [9.17, 15) is 0 Å². The van der Waals surface area contributed by atoms with Crippen LogP contribution in [0.3, 0.4) is 0 Å². The first-order valence-electron chi connectivity index (χ1n) is 4.21. The number of aryl methyl sites for hydroxylation is 1. The molecule has 2 aromatic heterocycles. The molecule has 0 aliphatic heterocycles. The van der Waals surface area contributed by atoms with Gasteiger partial charge in [-0.3, -0.25) is 0 Å². The summed E-state index contributed by atoms with van der Waals surface area (Å²) >= 11 is 0. The fourth-order valence-corrected chi connectivity index (χ4v) is 1.20. The Morgan fingerprint density at radius 2 is 2.08 bits per heavy atom. The van der Waals surface area contributed by atoms with E-state index in [-0.39, 0.29) is 0 Å². The Labute approximate surface area is 77.0 Å². The molecule has 0 spiro atoms. The van der Waals surface area contributed by atoms with Gasteiger partial charge in [-0.15, -0.1) is 0 Å². The zero-order valence-corrected chi connectivity index (χ0v) is 7.73. The highest BCUT2D eigenvalue weighted by atomic mass is 15.3. The predicted molar refractivity (Wildman–Crippen MR) is 50.8 cm³/mol. The summed E-state index contributed by atoms with van der Waals surface area (Å²) in [7, 11) is 0. The van der Waals surface area contributed by atoms with E-state index in [1.807, 2.05) is 42.9 Å². The molecule has 0 fully saturated rings. The van der Waals surface area contributed by atoms with Crippen molar-refractivity contribution in [1.82, 2.24) is 14.8 Å². The van der Waals surface area contributed by atoms with Crippen molar-refractivity contribution in [2.75, 3.05) is 0 Å². The van der Waals surface area contributed by atoms with E-state index in [4.69, 9.17) is 0 Å². The Kier molecular flexibility index (Phi) is 1.85. The quantitative estimate of drug-likeness (QED) is 0.659. The fourth-order valence-electron chi connectivity index (χ4n) is 1.20. The second-order valence-electron chi connectivity index (χ2n) is 3.01. The normalized spacial score (nSPS) is 10.3. The van der Waals surface area contributed by atoms with Crippen molar-refractivity contribution >= 4 is 0 Å². The summed E-state index contributed by atoms with van der Waals surface area (Å²) in [6, 6.07) is 5.80. The maximum Gasteiger partial charge on any atom is 0.153 e. The van der Waals surface area contributed by atoms with Crippen molar-refractivity contribution in [3.8, 4) is 5.82 Å². The van der Waals surface area contributed by atoms with Crippen molar-refractivity contribution in [3.05, 3.63) is 41.9 Å². The van der Waals surface area contributed by atoms with Crippen LogP contribution in [-0.2, 0) is 0 Å². The smallest absolute Gasteiger partial charge is 0.153 e. The third-order valence-electron chi connectivity index (χ3n) is 2.12. The molecule has 0 atom stereocenters. The number of aromatic nitrogens is 3. The van der Waals surface area contributed by atoms with Crippen LogP contribution in [0.1, 0.15) is 11.3 Å². The van der Waals surface area contributed by atoms with Crippen molar-refractivity contribution in [2.24, 2.45) is 0 Å². The highest BCUT2D eigenvalue weighted by molar-refractivity contribution is 5.26. The van der Waals surface area contributed by atoms with Gasteiger partial charge in [0.15, 0.2) is 5.82 Å². The van der Waals surface area contributed by atoms with Crippen molar-refractivity contribution in [1.29, 1.82) is 0 Å². The van der Waals surface area contributed by atoms with Gasteiger partial charge in [0.2, 0.25) is 0 Å². The van der Waals surface area contributed by atoms with E-state index < -0.39 is 0 Å². The van der Waals surface area contributed by atoms with Crippen molar-refractivity contribution in [2.45, 2.75) is 13.8 Å². The lowest BCUT2D eigenvalue weighted by molar-refractivity contribution is 0.816. The molecule has 0 bridgehead atoms. The minimum Gasteiger partial charge on any atom is -0.237 e. The highest BCUT2D eigenvalue weighted by Crippen LogP contribution is 2.09. The average molecular weight is 173 g/mol. The lowest BCUT2D eigenvalue weighted by Crippen LogP contribution is -2.00. The Bertz CT molecular complexity index is 403. The Balaban J connectivity index is 2.53. The van der Waals surface area contributed by atoms with Crippen LogP contribution in [0.15, 0.2) is 30.6 Å². The average Bonchev–Trinajstić information content (AvgIpc) is 2.49. The van der Waals surface area contributed by atoms with Crippen LogP contribution in [-0.4, -0.2) is 14.8 Å². The molecular formula is C10H11N3. The monoisotopic (exact) mass is 173 g/mol. The molecule has 0 aliphatic carbocycles. The second kappa shape index (κ2) is 3.01. The fraction of sp³-hybridized carbons (Fsp3) is 0.200. The number of rotatable bonds is 1. The second-order valence-corrected chi connectivity index (χ2v) is 3.01. The first-order valence-corrected chi connectivity index (χ1v) is 4.21. The molecule has 13 heavy (non-hydrogen) atoms. The molecule has 0 unspecified atom stereocenters. The van der Waals surface area contributed by atoms with Gasteiger partial charge in [0, 0.05) is 11.9 Å².